The van der Waals surface area contributed by atoms with Crippen molar-refractivity contribution < 1.29 is 18.0 Å². The number of thiophene rings is 1. The molecule has 0 saturated heterocycles. The number of anilines is 1. The first kappa shape index (κ1) is 16.0. The average molecular weight is 379 g/mol. The molecular formula is C13H10BrF3N2OS. The van der Waals surface area contributed by atoms with E-state index in [2.05, 4.69) is 21.2 Å². The van der Waals surface area contributed by atoms with Gasteiger partial charge in [0.25, 0.3) is 0 Å². The van der Waals surface area contributed by atoms with Gasteiger partial charge in [-0.25, -0.2) is 0 Å². The maximum atomic E-state index is 12.7. The molecule has 0 aliphatic carbocycles. The lowest BCUT2D eigenvalue weighted by Crippen LogP contribution is -2.27. The molecule has 1 amide bonds. The summed E-state index contributed by atoms with van der Waals surface area (Å²) < 4.78 is 38.4. The van der Waals surface area contributed by atoms with Crippen LogP contribution in [-0.4, -0.2) is 5.91 Å². The standard InChI is InChI=1S/C13H10BrF3N2OS/c14-8-4-7(13(15,16)17)5-9(6-8)19-12(20)11(18)10-2-1-3-21-10/h1-6,11H,18H2,(H,19,20). The minimum Gasteiger partial charge on any atom is -0.324 e. The average Bonchev–Trinajstić information content (AvgIpc) is 2.89. The Hall–Kier alpha value is -1.38. The number of nitrogens with two attached hydrogens (primary N) is 1. The normalized spacial score (nSPS) is 13.0. The molecule has 0 aliphatic rings. The van der Waals surface area contributed by atoms with E-state index in [4.69, 9.17) is 5.73 Å². The molecule has 112 valence electrons. The minimum absolute atomic E-state index is 0.0358. The van der Waals surface area contributed by atoms with Gasteiger partial charge in [0.1, 0.15) is 6.04 Å². The maximum absolute atomic E-state index is 12.7. The number of halogens is 4. The molecule has 1 unspecified atom stereocenters. The second-order valence-electron chi connectivity index (χ2n) is 4.21. The van der Waals surface area contributed by atoms with Gasteiger partial charge < -0.3 is 11.1 Å². The van der Waals surface area contributed by atoms with E-state index >= 15 is 0 Å². The third kappa shape index (κ3) is 4.05. The molecule has 2 rings (SSSR count). The van der Waals surface area contributed by atoms with E-state index in [1.54, 1.807) is 17.5 Å². The fourth-order valence-electron chi connectivity index (χ4n) is 1.64. The van der Waals surface area contributed by atoms with Crippen LogP contribution in [0.4, 0.5) is 18.9 Å². The van der Waals surface area contributed by atoms with Crippen molar-refractivity contribution in [1.29, 1.82) is 0 Å². The summed E-state index contributed by atoms with van der Waals surface area (Å²) in [5.41, 5.74) is 4.94. The highest BCUT2D eigenvalue weighted by atomic mass is 79.9. The van der Waals surface area contributed by atoms with Gasteiger partial charge in [0.05, 0.1) is 5.56 Å². The Morgan fingerprint density at radius 2 is 2.05 bits per heavy atom. The van der Waals surface area contributed by atoms with Crippen molar-refractivity contribution in [3.63, 3.8) is 0 Å². The molecule has 1 aromatic carbocycles. The van der Waals surface area contributed by atoms with Crippen LogP contribution >= 0.6 is 27.3 Å². The van der Waals surface area contributed by atoms with Crippen molar-refractivity contribution in [3.05, 3.63) is 50.6 Å². The molecule has 3 N–H and O–H groups in total. The zero-order chi connectivity index (χ0) is 15.6. The van der Waals surface area contributed by atoms with Crippen LogP contribution in [0.3, 0.4) is 0 Å². The summed E-state index contributed by atoms with van der Waals surface area (Å²) in [5, 5.41) is 4.16. The van der Waals surface area contributed by atoms with E-state index in [0.29, 0.717) is 4.88 Å². The summed E-state index contributed by atoms with van der Waals surface area (Å²) in [5.74, 6) is -0.566. The molecule has 0 aliphatic heterocycles. The Labute approximate surface area is 131 Å². The summed E-state index contributed by atoms with van der Waals surface area (Å²) >= 11 is 4.30. The number of rotatable bonds is 3. The zero-order valence-corrected chi connectivity index (χ0v) is 12.8. The van der Waals surface area contributed by atoms with Crippen LogP contribution < -0.4 is 11.1 Å². The number of nitrogens with one attached hydrogen (secondary N) is 1. The predicted octanol–water partition coefficient (Wildman–Crippen LogP) is 4.17. The quantitative estimate of drug-likeness (QED) is 0.841. The van der Waals surface area contributed by atoms with Gasteiger partial charge in [0.2, 0.25) is 5.91 Å². The van der Waals surface area contributed by atoms with E-state index in [9.17, 15) is 18.0 Å². The number of hydrogen-bond acceptors (Lipinski definition) is 3. The molecule has 3 nitrogen and oxygen atoms in total. The van der Waals surface area contributed by atoms with E-state index < -0.39 is 23.7 Å². The third-order valence-corrected chi connectivity index (χ3v) is 4.04. The number of benzene rings is 1. The van der Waals surface area contributed by atoms with Crippen molar-refractivity contribution in [1.82, 2.24) is 0 Å². The van der Waals surface area contributed by atoms with Crippen LogP contribution in [0.25, 0.3) is 0 Å². The third-order valence-electron chi connectivity index (χ3n) is 2.62. The molecule has 0 bridgehead atoms. The summed E-state index contributed by atoms with van der Waals surface area (Å²) in [6.07, 6.45) is -4.49. The molecule has 0 saturated carbocycles. The van der Waals surface area contributed by atoms with E-state index in [1.165, 1.54) is 17.4 Å². The molecule has 1 aromatic heterocycles. The summed E-state index contributed by atoms with van der Waals surface area (Å²) in [6.45, 7) is 0. The Morgan fingerprint density at radius 3 is 2.62 bits per heavy atom. The van der Waals surface area contributed by atoms with Gasteiger partial charge in [-0.15, -0.1) is 11.3 Å². The van der Waals surface area contributed by atoms with E-state index in [-0.39, 0.29) is 10.2 Å². The predicted molar refractivity (Wildman–Crippen MR) is 79.0 cm³/mol. The van der Waals surface area contributed by atoms with Crippen molar-refractivity contribution in [2.45, 2.75) is 12.2 Å². The lowest BCUT2D eigenvalue weighted by atomic mass is 10.2. The minimum atomic E-state index is -4.49. The Bertz CT molecular complexity index is 643. The molecule has 1 atom stereocenters. The highest BCUT2D eigenvalue weighted by Crippen LogP contribution is 2.33. The van der Waals surface area contributed by atoms with Gasteiger partial charge >= 0.3 is 6.18 Å². The largest absolute Gasteiger partial charge is 0.416 e. The number of amides is 1. The zero-order valence-electron chi connectivity index (χ0n) is 10.4. The molecule has 1 heterocycles. The second-order valence-corrected chi connectivity index (χ2v) is 6.10. The van der Waals surface area contributed by atoms with Crippen LogP contribution in [0, 0.1) is 0 Å². The number of carbonyl (C=O) groups is 1. The summed E-state index contributed by atoms with van der Waals surface area (Å²) in [7, 11) is 0. The lowest BCUT2D eigenvalue weighted by Gasteiger charge is -2.13. The summed E-state index contributed by atoms with van der Waals surface area (Å²) in [6, 6.07) is 5.70. The fraction of sp³-hybridized carbons (Fsp3) is 0.154. The van der Waals surface area contributed by atoms with Gasteiger partial charge in [-0.05, 0) is 29.6 Å². The molecule has 0 radical (unpaired) electrons. The molecule has 21 heavy (non-hydrogen) atoms. The summed E-state index contributed by atoms with van der Waals surface area (Å²) in [4.78, 5) is 12.6. The van der Waals surface area contributed by atoms with Crippen LogP contribution in [0.1, 0.15) is 16.5 Å². The Balaban J connectivity index is 2.20. The number of carbonyl (C=O) groups excluding carboxylic acids is 1. The van der Waals surface area contributed by atoms with Gasteiger partial charge in [0.15, 0.2) is 0 Å². The topological polar surface area (TPSA) is 55.1 Å². The lowest BCUT2D eigenvalue weighted by molar-refractivity contribution is -0.137. The number of alkyl halides is 3. The second kappa shape index (κ2) is 6.17. The van der Waals surface area contributed by atoms with Crippen LogP contribution in [0.2, 0.25) is 0 Å². The first-order chi connectivity index (χ1) is 9.77. The number of hydrogen-bond donors (Lipinski definition) is 2. The van der Waals surface area contributed by atoms with Crippen LogP contribution in [0.15, 0.2) is 40.2 Å². The van der Waals surface area contributed by atoms with Crippen LogP contribution in [-0.2, 0) is 11.0 Å². The van der Waals surface area contributed by atoms with Crippen molar-refractivity contribution in [2.75, 3.05) is 5.32 Å². The first-order valence-electron chi connectivity index (χ1n) is 5.75. The van der Waals surface area contributed by atoms with Crippen molar-refractivity contribution in [2.24, 2.45) is 5.73 Å². The van der Waals surface area contributed by atoms with Gasteiger partial charge in [-0.2, -0.15) is 13.2 Å². The fourth-order valence-corrected chi connectivity index (χ4v) is 2.86. The molecule has 0 fully saturated rings. The van der Waals surface area contributed by atoms with Gasteiger partial charge in [-0.1, -0.05) is 22.0 Å². The Morgan fingerprint density at radius 1 is 1.33 bits per heavy atom. The van der Waals surface area contributed by atoms with Crippen molar-refractivity contribution in [3.8, 4) is 0 Å². The molecular weight excluding hydrogens is 369 g/mol. The monoisotopic (exact) mass is 378 g/mol. The maximum Gasteiger partial charge on any atom is 0.416 e. The van der Waals surface area contributed by atoms with Crippen LogP contribution in [0.5, 0.6) is 0 Å². The Kier molecular flexibility index (Phi) is 4.70. The smallest absolute Gasteiger partial charge is 0.324 e. The van der Waals surface area contributed by atoms with E-state index in [1.807, 2.05) is 0 Å². The highest BCUT2D eigenvalue weighted by molar-refractivity contribution is 9.10. The van der Waals surface area contributed by atoms with E-state index in [0.717, 1.165) is 12.1 Å². The van der Waals surface area contributed by atoms with Gasteiger partial charge in [-0.3, -0.25) is 4.79 Å². The molecule has 8 heteroatoms. The van der Waals surface area contributed by atoms with Crippen molar-refractivity contribution >= 4 is 38.9 Å². The SMILES string of the molecule is NC(C(=O)Nc1cc(Br)cc(C(F)(F)F)c1)c1cccs1. The molecule has 2 aromatic rings. The first-order valence-corrected chi connectivity index (χ1v) is 7.42. The molecule has 0 spiro atoms. The highest BCUT2D eigenvalue weighted by Gasteiger charge is 2.31. The van der Waals surface area contributed by atoms with Gasteiger partial charge in [0, 0.05) is 15.0 Å².